The molecular formula is C18H22ClN5O. The number of halogens is 1. The Balaban J connectivity index is 0.00000182. The first-order valence-corrected chi connectivity index (χ1v) is 8.29. The van der Waals surface area contributed by atoms with Crippen molar-refractivity contribution in [2.45, 2.75) is 45.1 Å². The van der Waals surface area contributed by atoms with Gasteiger partial charge in [-0.2, -0.15) is 10.1 Å². The van der Waals surface area contributed by atoms with Crippen molar-refractivity contribution in [1.82, 2.24) is 19.9 Å². The molecule has 2 N–H and O–H groups in total. The van der Waals surface area contributed by atoms with Gasteiger partial charge >= 0.3 is 0 Å². The Morgan fingerprint density at radius 1 is 1.20 bits per heavy atom. The van der Waals surface area contributed by atoms with Gasteiger partial charge in [-0.1, -0.05) is 23.4 Å². The fraction of sp³-hybridized carbons (Fsp3) is 0.389. The molecule has 6 nitrogen and oxygen atoms in total. The van der Waals surface area contributed by atoms with Crippen molar-refractivity contribution in [2.24, 2.45) is 5.73 Å². The van der Waals surface area contributed by atoms with Crippen LogP contribution >= 0.6 is 12.4 Å². The second-order valence-corrected chi connectivity index (χ2v) is 6.59. The van der Waals surface area contributed by atoms with E-state index in [1.54, 1.807) is 0 Å². The van der Waals surface area contributed by atoms with Gasteiger partial charge in [-0.3, -0.25) is 0 Å². The zero-order valence-electron chi connectivity index (χ0n) is 14.4. The predicted molar refractivity (Wildman–Crippen MR) is 97.1 cm³/mol. The molecule has 132 valence electrons. The van der Waals surface area contributed by atoms with E-state index in [0.717, 1.165) is 41.9 Å². The van der Waals surface area contributed by atoms with E-state index in [4.69, 9.17) is 10.3 Å². The molecule has 0 amide bonds. The van der Waals surface area contributed by atoms with Crippen molar-refractivity contribution < 1.29 is 4.52 Å². The number of nitrogens with zero attached hydrogens (tertiary/aromatic N) is 4. The summed E-state index contributed by atoms with van der Waals surface area (Å²) in [7, 11) is 0. The zero-order valence-corrected chi connectivity index (χ0v) is 15.2. The molecule has 0 aliphatic heterocycles. The standard InChI is InChI=1S/C18H21N5O.ClH/c1-12-15(13(2)23(21-12)14-7-4-3-5-8-14)11-16-20-17(22-24-16)18(19)9-6-10-18;/h3-5,7-8H,6,9-11,19H2,1-2H3;1H. The van der Waals surface area contributed by atoms with Gasteiger partial charge in [0.05, 0.1) is 23.3 Å². The van der Waals surface area contributed by atoms with E-state index in [0.29, 0.717) is 18.1 Å². The number of para-hydroxylation sites is 1. The Morgan fingerprint density at radius 2 is 1.92 bits per heavy atom. The molecule has 0 atom stereocenters. The van der Waals surface area contributed by atoms with Crippen LogP contribution in [-0.4, -0.2) is 19.9 Å². The maximum absolute atomic E-state index is 6.27. The minimum absolute atomic E-state index is 0. The second kappa shape index (κ2) is 6.61. The smallest absolute Gasteiger partial charge is 0.231 e. The third-order valence-corrected chi connectivity index (χ3v) is 4.93. The summed E-state index contributed by atoms with van der Waals surface area (Å²) < 4.78 is 7.39. The van der Waals surface area contributed by atoms with Crippen molar-refractivity contribution in [3.05, 3.63) is 59.0 Å². The molecule has 4 rings (SSSR count). The van der Waals surface area contributed by atoms with E-state index in [9.17, 15) is 0 Å². The highest BCUT2D eigenvalue weighted by atomic mass is 35.5. The molecule has 2 heterocycles. The van der Waals surface area contributed by atoms with Crippen LogP contribution in [0.15, 0.2) is 34.9 Å². The summed E-state index contributed by atoms with van der Waals surface area (Å²) in [5, 5.41) is 8.75. The number of nitrogens with two attached hydrogens (primary N) is 1. The van der Waals surface area contributed by atoms with Crippen molar-refractivity contribution >= 4 is 12.4 Å². The molecule has 0 radical (unpaired) electrons. The van der Waals surface area contributed by atoms with Crippen LogP contribution in [0.1, 0.15) is 47.9 Å². The molecule has 1 aliphatic carbocycles. The quantitative estimate of drug-likeness (QED) is 0.773. The fourth-order valence-corrected chi connectivity index (χ4v) is 3.21. The van der Waals surface area contributed by atoms with Crippen LogP contribution in [-0.2, 0) is 12.0 Å². The predicted octanol–water partition coefficient (Wildman–Crippen LogP) is 3.22. The van der Waals surface area contributed by atoms with Crippen molar-refractivity contribution in [2.75, 3.05) is 0 Å². The van der Waals surface area contributed by atoms with Gasteiger partial charge < -0.3 is 10.3 Å². The molecule has 1 fully saturated rings. The summed E-state index contributed by atoms with van der Waals surface area (Å²) in [6.07, 6.45) is 3.56. The fourth-order valence-electron chi connectivity index (χ4n) is 3.21. The Labute approximate surface area is 152 Å². The molecule has 0 saturated heterocycles. The largest absolute Gasteiger partial charge is 0.339 e. The lowest BCUT2D eigenvalue weighted by atomic mass is 9.77. The van der Waals surface area contributed by atoms with Gasteiger partial charge in [0.15, 0.2) is 5.82 Å². The summed E-state index contributed by atoms with van der Waals surface area (Å²) in [6, 6.07) is 10.1. The molecule has 1 aliphatic rings. The Kier molecular flexibility index (Phi) is 4.67. The topological polar surface area (TPSA) is 82.8 Å². The summed E-state index contributed by atoms with van der Waals surface area (Å²) in [5.41, 5.74) is 10.1. The normalized spacial score (nSPS) is 15.5. The molecule has 1 saturated carbocycles. The molecule has 2 aromatic heterocycles. The highest BCUT2D eigenvalue weighted by Gasteiger charge is 2.39. The number of aromatic nitrogens is 4. The van der Waals surface area contributed by atoms with Gasteiger partial charge in [-0.25, -0.2) is 4.68 Å². The summed E-state index contributed by atoms with van der Waals surface area (Å²) in [5.74, 6) is 1.23. The number of rotatable bonds is 4. The van der Waals surface area contributed by atoms with Gasteiger partial charge in [0.2, 0.25) is 5.89 Å². The molecule has 1 aromatic carbocycles. The van der Waals surface area contributed by atoms with Gasteiger partial charge in [0.1, 0.15) is 0 Å². The number of hydrogen-bond donors (Lipinski definition) is 1. The van der Waals surface area contributed by atoms with E-state index >= 15 is 0 Å². The molecule has 0 bridgehead atoms. The number of benzene rings is 1. The molecule has 25 heavy (non-hydrogen) atoms. The van der Waals surface area contributed by atoms with Crippen LogP contribution in [0.4, 0.5) is 0 Å². The lowest BCUT2D eigenvalue weighted by molar-refractivity contribution is 0.229. The lowest BCUT2D eigenvalue weighted by Crippen LogP contribution is -2.44. The van der Waals surface area contributed by atoms with Crippen LogP contribution < -0.4 is 5.73 Å². The molecule has 3 aromatic rings. The van der Waals surface area contributed by atoms with E-state index in [-0.39, 0.29) is 17.9 Å². The number of hydrogen-bond acceptors (Lipinski definition) is 5. The summed E-state index contributed by atoms with van der Waals surface area (Å²) >= 11 is 0. The highest BCUT2D eigenvalue weighted by Crippen LogP contribution is 2.37. The van der Waals surface area contributed by atoms with Gasteiger partial charge in [-0.05, 0) is 45.2 Å². The zero-order chi connectivity index (χ0) is 16.7. The van der Waals surface area contributed by atoms with Gasteiger partial charge in [-0.15, -0.1) is 12.4 Å². The molecule has 0 unspecified atom stereocenters. The third kappa shape index (κ3) is 3.07. The van der Waals surface area contributed by atoms with Crippen molar-refractivity contribution in [3.8, 4) is 5.69 Å². The van der Waals surface area contributed by atoms with Crippen LogP contribution in [0, 0.1) is 13.8 Å². The Bertz CT molecular complexity index is 867. The molecule has 0 spiro atoms. The Hall–Kier alpha value is -2.18. The SMILES string of the molecule is Cc1nn(-c2ccccc2)c(C)c1Cc1nc(C2(N)CCC2)no1.Cl. The molecule has 7 heteroatoms. The summed E-state index contributed by atoms with van der Waals surface area (Å²) in [6.45, 7) is 4.07. The van der Waals surface area contributed by atoms with E-state index in [1.165, 1.54) is 0 Å². The average molecular weight is 360 g/mol. The highest BCUT2D eigenvalue weighted by molar-refractivity contribution is 5.85. The first kappa shape index (κ1) is 17.6. The Morgan fingerprint density at radius 3 is 2.56 bits per heavy atom. The van der Waals surface area contributed by atoms with Crippen molar-refractivity contribution in [3.63, 3.8) is 0 Å². The van der Waals surface area contributed by atoms with Crippen LogP contribution in [0.25, 0.3) is 5.69 Å². The van der Waals surface area contributed by atoms with Gasteiger partial charge in [0.25, 0.3) is 0 Å². The first-order valence-electron chi connectivity index (χ1n) is 8.29. The first-order chi connectivity index (χ1) is 11.6. The second-order valence-electron chi connectivity index (χ2n) is 6.59. The van der Waals surface area contributed by atoms with Crippen LogP contribution in [0.3, 0.4) is 0 Å². The van der Waals surface area contributed by atoms with E-state index < -0.39 is 0 Å². The summed E-state index contributed by atoms with van der Waals surface area (Å²) in [4.78, 5) is 4.52. The molecular weight excluding hydrogens is 338 g/mol. The van der Waals surface area contributed by atoms with Crippen LogP contribution in [0.5, 0.6) is 0 Å². The third-order valence-electron chi connectivity index (χ3n) is 4.93. The minimum Gasteiger partial charge on any atom is -0.339 e. The van der Waals surface area contributed by atoms with E-state index in [2.05, 4.69) is 22.2 Å². The van der Waals surface area contributed by atoms with E-state index in [1.807, 2.05) is 41.9 Å². The minimum atomic E-state index is -0.389. The lowest BCUT2D eigenvalue weighted by Gasteiger charge is -2.34. The maximum atomic E-state index is 6.27. The van der Waals surface area contributed by atoms with Crippen molar-refractivity contribution in [1.29, 1.82) is 0 Å². The van der Waals surface area contributed by atoms with Gasteiger partial charge in [0, 0.05) is 11.3 Å². The maximum Gasteiger partial charge on any atom is 0.231 e. The van der Waals surface area contributed by atoms with Crippen LogP contribution in [0.2, 0.25) is 0 Å². The number of aryl methyl sites for hydroxylation is 1. The monoisotopic (exact) mass is 359 g/mol. The average Bonchev–Trinajstić information content (AvgIpc) is 3.14.